The number of amides is 1. The number of esters is 1. The summed E-state index contributed by atoms with van der Waals surface area (Å²) >= 11 is 0. The number of benzene rings is 2. The molecule has 0 unspecified atom stereocenters. The zero-order chi connectivity index (χ0) is 19.4. The molecule has 0 fully saturated rings. The Balaban J connectivity index is 1.63. The maximum absolute atomic E-state index is 12.4. The Kier molecular flexibility index (Phi) is 5.35. The third-order valence-electron chi connectivity index (χ3n) is 4.18. The van der Waals surface area contributed by atoms with E-state index in [0.717, 1.165) is 16.8 Å². The Morgan fingerprint density at radius 2 is 1.85 bits per heavy atom. The van der Waals surface area contributed by atoms with Gasteiger partial charge in [0.25, 0.3) is 5.91 Å². The van der Waals surface area contributed by atoms with Crippen LogP contribution in [0, 0.1) is 13.8 Å². The van der Waals surface area contributed by atoms with Crippen LogP contribution in [0.1, 0.15) is 28.4 Å². The molecule has 0 aliphatic rings. The van der Waals surface area contributed by atoms with Gasteiger partial charge in [0, 0.05) is 18.1 Å². The lowest BCUT2D eigenvalue weighted by atomic mass is 10.1. The molecule has 0 radical (unpaired) electrons. The van der Waals surface area contributed by atoms with Gasteiger partial charge in [0.2, 0.25) is 0 Å². The molecule has 138 valence electrons. The van der Waals surface area contributed by atoms with Crippen LogP contribution in [0.25, 0.3) is 5.69 Å². The zero-order valence-corrected chi connectivity index (χ0v) is 15.5. The summed E-state index contributed by atoms with van der Waals surface area (Å²) in [5, 5.41) is 6.94. The number of aryl methyl sites for hydroxylation is 2. The topological polar surface area (TPSA) is 73.2 Å². The highest BCUT2D eigenvalue weighted by atomic mass is 16.5. The van der Waals surface area contributed by atoms with Gasteiger partial charge < -0.3 is 10.1 Å². The molecular weight excluding hydrogens is 342 g/mol. The van der Waals surface area contributed by atoms with Crippen LogP contribution < -0.4 is 5.32 Å². The summed E-state index contributed by atoms with van der Waals surface area (Å²) in [4.78, 5) is 24.7. The third kappa shape index (κ3) is 4.41. The van der Waals surface area contributed by atoms with Crippen LogP contribution in [-0.4, -0.2) is 27.8 Å². The number of anilines is 1. The summed E-state index contributed by atoms with van der Waals surface area (Å²) in [6.45, 7) is 5.41. The average Bonchev–Trinajstić information content (AvgIpc) is 3.19. The molecule has 1 amide bonds. The molecule has 0 aliphatic carbocycles. The summed E-state index contributed by atoms with van der Waals surface area (Å²) < 4.78 is 6.99. The van der Waals surface area contributed by atoms with Crippen molar-refractivity contribution in [1.82, 2.24) is 9.78 Å². The molecule has 6 heteroatoms. The smallest absolute Gasteiger partial charge is 0.338 e. The van der Waals surface area contributed by atoms with Crippen molar-refractivity contribution in [3.05, 3.63) is 77.6 Å². The molecule has 3 rings (SSSR count). The Morgan fingerprint density at radius 1 is 1.11 bits per heavy atom. The number of nitrogens with zero attached hydrogens (tertiary/aromatic N) is 2. The summed E-state index contributed by atoms with van der Waals surface area (Å²) in [7, 11) is 0. The highest BCUT2D eigenvalue weighted by molar-refractivity contribution is 5.97. The van der Waals surface area contributed by atoms with Gasteiger partial charge in [0.15, 0.2) is 6.10 Å². The third-order valence-corrected chi connectivity index (χ3v) is 4.18. The quantitative estimate of drug-likeness (QED) is 0.702. The molecule has 0 spiro atoms. The number of hydrogen-bond donors (Lipinski definition) is 1. The van der Waals surface area contributed by atoms with E-state index in [1.807, 2.05) is 44.3 Å². The lowest BCUT2D eigenvalue weighted by Gasteiger charge is -2.15. The van der Waals surface area contributed by atoms with E-state index in [1.54, 1.807) is 42.1 Å². The first kappa shape index (κ1) is 18.4. The highest BCUT2D eigenvalue weighted by Crippen LogP contribution is 2.17. The number of rotatable bonds is 5. The minimum atomic E-state index is -0.914. The van der Waals surface area contributed by atoms with E-state index in [-0.39, 0.29) is 5.91 Å². The monoisotopic (exact) mass is 363 g/mol. The van der Waals surface area contributed by atoms with E-state index in [1.165, 1.54) is 0 Å². The first-order chi connectivity index (χ1) is 12.9. The molecule has 6 nitrogen and oxygen atoms in total. The van der Waals surface area contributed by atoms with E-state index in [0.29, 0.717) is 11.3 Å². The normalized spacial score (nSPS) is 11.7. The standard InChI is InChI=1S/C21H21N3O3/c1-14-5-6-15(2)19(13-14)23-20(25)16(3)27-21(26)17-7-9-18(10-8-17)24-12-4-11-22-24/h4-13,16H,1-3H3,(H,23,25)/t16-/m0/s1. The van der Waals surface area contributed by atoms with Gasteiger partial charge in [-0.1, -0.05) is 12.1 Å². The first-order valence-electron chi connectivity index (χ1n) is 8.63. The minimum absolute atomic E-state index is 0.370. The second-order valence-corrected chi connectivity index (χ2v) is 6.35. The Bertz CT molecular complexity index is 947. The van der Waals surface area contributed by atoms with Crippen LogP contribution in [0.2, 0.25) is 0 Å². The molecule has 3 aromatic rings. The summed E-state index contributed by atoms with van der Waals surface area (Å²) in [6, 6.07) is 14.4. The van der Waals surface area contributed by atoms with Gasteiger partial charge in [-0.15, -0.1) is 0 Å². The van der Waals surface area contributed by atoms with Crippen LogP contribution in [0.4, 0.5) is 5.69 Å². The average molecular weight is 363 g/mol. The number of hydrogen-bond acceptors (Lipinski definition) is 4. The van der Waals surface area contributed by atoms with E-state index in [4.69, 9.17) is 4.74 Å². The van der Waals surface area contributed by atoms with Crippen LogP contribution >= 0.6 is 0 Å². The second kappa shape index (κ2) is 7.86. The number of carbonyl (C=O) groups is 2. The van der Waals surface area contributed by atoms with Gasteiger partial charge in [-0.05, 0) is 68.3 Å². The van der Waals surface area contributed by atoms with Crippen molar-refractivity contribution in [2.75, 3.05) is 5.32 Å². The van der Waals surface area contributed by atoms with Crippen molar-refractivity contribution in [1.29, 1.82) is 0 Å². The fraction of sp³-hybridized carbons (Fsp3) is 0.190. The zero-order valence-electron chi connectivity index (χ0n) is 15.5. The van der Waals surface area contributed by atoms with Crippen LogP contribution in [-0.2, 0) is 9.53 Å². The second-order valence-electron chi connectivity index (χ2n) is 6.35. The van der Waals surface area contributed by atoms with Crippen LogP contribution in [0.15, 0.2) is 60.9 Å². The molecule has 0 aliphatic heterocycles. The molecule has 0 saturated carbocycles. The van der Waals surface area contributed by atoms with Crippen molar-refractivity contribution in [2.45, 2.75) is 26.9 Å². The van der Waals surface area contributed by atoms with E-state index in [2.05, 4.69) is 10.4 Å². The van der Waals surface area contributed by atoms with Gasteiger partial charge in [0.05, 0.1) is 11.3 Å². The number of aromatic nitrogens is 2. The molecule has 1 heterocycles. The lowest BCUT2D eigenvalue weighted by Crippen LogP contribution is -2.30. The molecular formula is C21H21N3O3. The highest BCUT2D eigenvalue weighted by Gasteiger charge is 2.19. The largest absolute Gasteiger partial charge is 0.449 e. The number of ether oxygens (including phenoxy) is 1. The van der Waals surface area contributed by atoms with Gasteiger partial charge in [-0.3, -0.25) is 4.79 Å². The number of carbonyl (C=O) groups excluding carboxylic acids is 2. The molecule has 1 aromatic heterocycles. The molecule has 1 N–H and O–H groups in total. The molecule has 27 heavy (non-hydrogen) atoms. The SMILES string of the molecule is Cc1ccc(C)c(NC(=O)[C@H](C)OC(=O)c2ccc(-n3cccn3)cc2)c1. The molecule has 2 aromatic carbocycles. The van der Waals surface area contributed by atoms with Crippen LogP contribution in [0.3, 0.4) is 0 Å². The Labute approximate surface area is 157 Å². The fourth-order valence-corrected chi connectivity index (χ4v) is 2.56. The van der Waals surface area contributed by atoms with Crippen molar-refractivity contribution in [3.8, 4) is 5.69 Å². The lowest BCUT2D eigenvalue weighted by molar-refractivity contribution is -0.123. The molecule has 0 saturated heterocycles. The maximum Gasteiger partial charge on any atom is 0.338 e. The number of nitrogens with one attached hydrogen (secondary N) is 1. The van der Waals surface area contributed by atoms with E-state index < -0.39 is 12.1 Å². The van der Waals surface area contributed by atoms with Crippen LogP contribution in [0.5, 0.6) is 0 Å². The van der Waals surface area contributed by atoms with Crippen molar-refractivity contribution in [2.24, 2.45) is 0 Å². The van der Waals surface area contributed by atoms with Crippen molar-refractivity contribution in [3.63, 3.8) is 0 Å². The van der Waals surface area contributed by atoms with Gasteiger partial charge in [-0.25, -0.2) is 9.48 Å². The van der Waals surface area contributed by atoms with Gasteiger partial charge in [0.1, 0.15) is 0 Å². The predicted molar refractivity (Wildman–Crippen MR) is 103 cm³/mol. The predicted octanol–water partition coefficient (Wildman–Crippen LogP) is 3.67. The summed E-state index contributed by atoms with van der Waals surface area (Å²) in [5.41, 5.74) is 3.90. The van der Waals surface area contributed by atoms with Gasteiger partial charge in [-0.2, -0.15) is 5.10 Å². The molecule has 0 bridgehead atoms. The minimum Gasteiger partial charge on any atom is -0.449 e. The Hall–Kier alpha value is -3.41. The molecule has 1 atom stereocenters. The van der Waals surface area contributed by atoms with E-state index in [9.17, 15) is 9.59 Å². The van der Waals surface area contributed by atoms with Crippen molar-refractivity contribution < 1.29 is 14.3 Å². The first-order valence-corrected chi connectivity index (χ1v) is 8.63. The summed E-state index contributed by atoms with van der Waals surface area (Å²) in [5.74, 6) is -0.921. The maximum atomic E-state index is 12.4. The van der Waals surface area contributed by atoms with Gasteiger partial charge >= 0.3 is 5.97 Å². The summed E-state index contributed by atoms with van der Waals surface area (Å²) in [6.07, 6.45) is 2.58. The van der Waals surface area contributed by atoms with Crippen molar-refractivity contribution >= 4 is 17.6 Å². The Morgan fingerprint density at radius 3 is 2.52 bits per heavy atom. The fourth-order valence-electron chi connectivity index (χ4n) is 2.56. The van der Waals surface area contributed by atoms with E-state index >= 15 is 0 Å².